The topological polar surface area (TPSA) is 104 Å². The number of fused-ring (bicyclic) bond motifs is 3. The Hall–Kier alpha value is -4.98. The number of rotatable bonds is 6. The molecule has 9 nitrogen and oxygen atoms in total. The first-order valence-electron chi connectivity index (χ1n) is 17.1. The highest BCUT2D eigenvalue weighted by Crippen LogP contribution is 2.46. The lowest BCUT2D eigenvalue weighted by atomic mass is 9.73. The first-order valence-corrected chi connectivity index (χ1v) is 18.8. The Labute approximate surface area is 307 Å². The van der Waals surface area contributed by atoms with E-state index in [2.05, 4.69) is 15.5 Å². The van der Waals surface area contributed by atoms with Crippen LogP contribution in [0.4, 0.5) is 31.7 Å². The molecule has 5 aromatic rings. The largest absolute Gasteiger partial charge is 0.381 e. The van der Waals surface area contributed by atoms with Crippen molar-refractivity contribution in [3.05, 3.63) is 111 Å². The number of pyridine rings is 1. The maximum absolute atomic E-state index is 14.2. The van der Waals surface area contributed by atoms with Crippen LogP contribution in [0.25, 0.3) is 9.75 Å². The molecular formula is C39H35F2N5O4S2. The van der Waals surface area contributed by atoms with Gasteiger partial charge in [-0.3, -0.25) is 14.4 Å². The van der Waals surface area contributed by atoms with Gasteiger partial charge in [-0.1, -0.05) is 6.07 Å². The third-order valence-corrected chi connectivity index (χ3v) is 12.5. The minimum absolute atomic E-state index is 0.193. The fourth-order valence-corrected chi connectivity index (χ4v) is 9.34. The summed E-state index contributed by atoms with van der Waals surface area (Å²) in [6.07, 6.45) is 2.51. The van der Waals surface area contributed by atoms with Gasteiger partial charge in [0.15, 0.2) is 0 Å². The number of carbonyl (C=O) groups is 3. The van der Waals surface area contributed by atoms with Crippen molar-refractivity contribution in [3.63, 3.8) is 0 Å². The van der Waals surface area contributed by atoms with Crippen molar-refractivity contribution < 1.29 is 27.9 Å². The Bertz CT molecular complexity index is 2200. The van der Waals surface area contributed by atoms with Gasteiger partial charge in [-0.25, -0.2) is 13.8 Å². The zero-order chi connectivity index (χ0) is 36.1. The number of anilines is 4. The van der Waals surface area contributed by atoms with Crippen LogP contribution in [0.15, 0.2) is 66.0 Å². The number of hydrogen-bond acceptors (Lipinski definition) is 8. The van der Waals surface area contributed by atoms with Crippen molar-refractivity contribution in [1.29, 1.82) is 0 Å². The van der Waals surface area contributed by atoms with Crippen LogP contribution in [0.5, 0.6) is 0 Å². The van der Waals surface area contributed by atoms with Crippen molar-refractivity contribution in [3.8, 4) is 9.75 Å². The molecule has 1 spiro atoms. The number of thiophene rings is 2. The van der Waals surface area contributed by atoms with E-state index in [0.29, 0.717) is 40.5 Å². The van der Waals surface area contributed by atoms with E-state index < -0.39 is 23.2 Å². The summed E-state index contributed by atoms with van der Waals surface area (Å²) >= 11 is 2.69. The molecule has 3 aliphatic heterocycles. The summed E-state index contributed by atoms with van der Waals surface area (Å²) in [5.74, 6) is -2.07. The van der Waals surface area contributed by atoms with E-state index >= 15 is 0 Å². The van der Waals surface area contributed by atoms with Gasteiger partial charge in [0.1, 0.15) is 23.1 Å². The maximum atomic E-state index is 14.2. The molecular weight excluding hydrogens is 705 g/mol. The molecule has 0 atom stereocenters. The van der Waals surface area contributed by atoms with E-state index in [9.17, 15) is 23.2 Å². The van der Waals surface area contributed by atoms with Crippen LogP contribution in [0.2, 0.25) is 0 Å². The van der Waals surface area contributed by atoms with E-state index in [-0.39, 0.29) is 17.2 Å². The molecule has 266 valence electrons. The number of hydrogen-bond donors (Lipinski definition) is 2. The molecule has 3 amide bonds. The lowest BCUT2D eigenvalue weighted by Gasteiger charge is -2.53. The molecule has 2 saturated heterocycles. The number of aromatic nitrogens is 1. The van der Waals surface area contributed by atoms with Crippen LogP contribution in [0.3, 0.4) is 0 Å². The lowest BCUT2D eigenvalue weighted by Crippen LogP contribution is -2.59. The van der Waals surface area contributed by atoms with E-state index in [1.807, 2.05) is 31.4 Å². The van der Waals surface area contributed by atoms with Gasteiger partial charge in [0.25, 0.3) is 17.7 Å². The van der Waals surface area contributed by atoms with Crippen molar-refractivity contribution in [2.45, 2.75) is 33.1 Å². The van der Waals surface area contributed by atoms with Crippen LogP contribution in [-0.4, -0.2) is 55.6 Å². The molecule has 52 heavy (non-hydrogen) atoms. The maximum Gasteiger partial charge on any atom is 0.265 e. The molecule has 0 bridgehead atoms. The molecule has 0 saturated carbocycles. The van der Waals surface area contributed by atoms with Crippen LogP contribution in [0.1, 0.15) is 60.1 Å². The highest BCUT2D eigenvalue weighted by Gasteiger charge is 2.45. The fourth-order valence-electron chi connectivity index (χ4n) is 7.14. The first-order chi connectivity index (χ1) is 25.1. The smallest absolute Gasteiger partial charge is 0.265 e. The number of nitrogens with one attached hydrogen (secondary N) is 2. The summed E-state index contributed by atoms with van der Waals surface area (Å²) < 4.78 is 34.0. The number of para-hydroxylation sites is 1. The second kappa shape index (κ2) is 13.5. The first kappa shape index (κ1) is 34.1. The molecule has 6 heterocycles. The second-order valence-electron chi connectivity index (χ2n) is 13.6. The number of benzene rings is 2. The third kappa shape index (κ3) is 6.26. The Morgan fingerprint density at radius 1 is 0.904 bits per heavy atom. The summed E-state index contributed by atoms with van der Waals surface area (Å²) in [6, 6.07) is 15.8. The lowest BCUT2D eigenvalue weighted by molar-refractivity contribution is -0.000520. The Kier molecular flexibility index (Phi) is 8.88. The average Bonchev–Trinajstić information content (AvgIpc) is 3.75. The molecule has 3 aromatic heterocycles. The molecule has 0 aliphatic carbocycles. The summed E-state index contributed by atoms with van der Waals surface area (Å²) in [7, 11) is 0. The van der Waals surface area contributed by atoms with Crippen molar-refractivity contribution >= 4 is 63.3 Å². The summed E-state index contributed by atoms with van der Waals surface area (Å²) in [6.45, 7) is 7.52. The van der Waals surface area contributed by atoms with Crippen molar-refractivity contribution in [1.82, 2.24) is 4.98 Å². The molecule has 2 aromatic carbocycles. The van der Waals surface area contributed by atoms with Gasteiger partial charge in [0.05, 0.1) is 25.9 Å². The second-order valence-corrected chi connectivity index (χ2v) is 15.6. The Balaban J connectivity index is 0.967. The predicted molar refractivity (Wildman–Crippen MR) is 200 cm³/mol. The zero-order valence-corrected chi connectivity index (χ0v) is 30.2. The quantitative estimate of drug-likeness (QED) is 0.183. The minimum Gasteiger partial charge on any atom is -0.381 e. The molecule has 8 rings (SSSR count). The zero-order valence-electron chi connectivity index (χ0n) is 28.6. The van der Waals surface area contributed by atoms with Gasteiger partial charge in [0.2, 0.25) is 0 Å². The van der Waals surface area contributed by atoms with Gasteiger partial charge in [-0.05, 0) is 104 Å². The normalized spacial score (nSPS) is 16.1. The van der Waals surface area contributed by atoms with Crippen molar-refractivity contribution in [2.24, 2.45) is 5.41 Å². The third-order valence-electron chi connectivity index (χ3n) is 10.2. The van der Waals surface area contributed by atoms with E-state index in [1.165, 1.54) is 28.7 Å². The van der Waals surface area contributed by atoms with Gasteiger partial charge in [0, 0.05) is 55.2 Å². The molecule has 2 fully saturated rings. The van der Waals surface area contributed by atoms with Gasteiger partial charge in [-0.15, -0.1) is 22.7 Å². The van der Waals surface area contributed by atoms with Crippen LogP contribution < -0.4 is 20.4 Å². The van der Waals surface area contributed by atoms with Crippen LogP contribution in [0, 0.1) is 30.9 Å². The standard InChI is InChI=1S/C39H35F2N5O4S2/c1-22-18-27(35(42-23(22)2)45-20-39(21-45)12-15-50-16-13-39)36(47)43-26-8-6-24(7-9-26)38(49)46-14-10-25-19-31(52-33(25)34-30(46)11-17-51-34)37(48)44-32-28(40)4-3-5-29(32)41/h3-9,11,17-19H,10,12-16,20-21H2,1-2H3,(H,43,47)(H,44,48). The summed E-state index contributed by atoms with van der Waals surface area (Å²) in [4.78, 5) is 51.4. The number of aryl methyl sites for hydroxylation is 2. The molecule has 13 heteroatoms. The van der Waals surface area contributed by atoms with Gasteiger partial charge < -0.3 is 25.2 Å². The van der Waals surface area contributed by atoms with Gasteiger partial charge in [-0.2, -0.15) is 0 Å². The SMILES string of the molecule is Cc1cc(C(=O)Nc2ccc(C(=O)N3CCc4cc(C(=O)Nc5c(F)cccc5F)sc4-c4sccc43)cc2)c(N2CC3(CCOCC3)C2)nc1C. The monoisotopic (exact) mass is 739 g/mol. The molecule has 2 N–H and O–H groups in total. The number of halogens is 2. The number of amides is 3. The van der Waals surface area contributed by atoms with Gasteiger partial charge >= 0.3 is 0 Å². The summed E-state index contributed by atoms with van der Waals surface area (Å²) in [5, 5.41) is 7.27. The fraction of sp³-hybridized carbons (Fsp3) is 0.282. The highest BCUT2D eigenvalue weighted by atomic mass is 32.1. The average molecular weight is 740 g/mol. The molecule has 0 unspecified atom stereocenters. The van der Waals surface area contributed by atoms with Crippen molar-refractivity contribution in [2.75, 3.05) is 53.3 Å². The summed E-state index contributed by atoms with van der Waals surface area (Å²) in [5.41, 5.74) is 4.71. The highest BCUT2D eigenvalue weighted by molar-refractivity contribution is 7.23. The minimum atomic E-state index is -0.852. The predicted octanol–water partition coefficient (Wildman–Crippen LogP) is 8.09. The Morgan fingerprint density at radius 3 is 2.37 bits per heavy atom. The number of nitrogens with zero attached hydrogens (tertiary/aromatic N) is 3. The number of ether oxygens (including phenoxy) is 1. The van der Waals surface area contributed by atoms with E-state index in [4.69, 9.17) is 9.72 Å². The van der Waals surface area contributed by atoms with Crippen LogP contribution >= 0.6 is 22.7 Å². The van der Waals surface area contributed by atoms with E-state index in [1.54, 1.807) is 35.2 Å². The van der Waals surface area contributed by atoms with E-state index in [0.717, 1.165) is 83.5 Å². The number of carbonyl (C=O) groups excluding carboxylic acids is 3. The molecule has 0 radical (unpaired) electrons. The molecule has 3 aliphatic rings. The Morgan fingerprint density at radius 2 is 1.63 bits per heavy atom. The van der Waals surface area contributed by atoms with Crippen LogP contribution in [-0.2, 0) is 11.2 Å².